The van der Waals surface area contributed by atoms with Crippen LogP contribution in [0.5, 0.6) is 11.5 Å². The van der Waals surface area contributed by atoms with Gasteiger partial charge in [-0.3, -0.25) is 4.72 Å². The molecule has 0 spiro atoms. The highest BCUT2D eigenvalue weighted by Crippen LogP contribution is 2.34. The van der Waals surface area contributed by atoms with Crippen LogP contribution in [0.2, 0.25) is 0 Å². The van der Waals surface area contributed by atoms with Gasteiger partial charge in [0.1, 0.15) is 5.82 Å². The summed E-state index contributed by atoms with van der Waals surface area (Å²) < 4.78 is 37.7. The van der Waals surface area contributed by atoms with Crippen LogP contribution in [0.3, 0.4) is 0 Å². The van der Waals surface area contributed by atoms with Gasteiger partial charge in [-0.25, -0.2) is 13.4 Å². The van der Waals surface area contributed by atoms with E-state index in [2.05, 4.69) is 15.0 Å². The van der Waals surface area contributed by atoms with E-state index in [9.17, 15) is 8.42 Å². The van der Waals surface area contributed by atoms with E-state index in [0.717, 1.165) is 0 Å². The van der Waals surface area contributed by atoms with Crippen LogP contribution in [0.25, 0.3) is 0 Å². The zero-order valence-corrected chi connectivity index (χ0v) is 13.6. The van der Waals surface area contributed by atoms with Gasteiger partial charge in [-0.2, -0.15) is 0 Å². The first-order valence-electron chi connectivity index (χ1n) is 7.09. The molecule has 0 radical (unpaired) electrons. The fourth-order valence-corrected chi connectivity index (χ4v) is 3.15. The molecule has 8 heteroatoms. The molecule has 0 aliphatic carbocycles. The van der Waals surface area contributed by atoms with E-state index in [-0.39, 0.29) is 17.7 Å². The predicted octanol–water partition coefficient (Wildman–Crippen LogP) is 2.43. The number of nitrogens with zero attached hydrogens (tertiary/aromatic N) is 1. The molecule has 2 aromatic rings. The second kappa shape index (κ2) is 5.96. The first-order valence-corrected chi connectivity index (χ1v) is 8.57. The highest BCUT2D eigenvalue weighted by molar-refractivity contribution is 7.92. The number of hydrogen-bond acceptors (Lipinski definition) is 6. The van der Waals surface area contributed by atoms with Gasteiger partial charge >= 0.3 is 0 Å². The average molecular weight is 335 g/mol. The number of anilines is 2. The highest BCUT2D eigenvalue weighted by atomic mass is 32.2. The van der Waals surface area contributed by atoms with Crippen LogP contribution in [-0.4, -0.2) is 26.2 Å². The molecular weight excluding hydrogens is 318 g/mol. The van der Waals surface area contributed by atoms with Crippen molar-refractivity contribution in [3.05, 3.63) is 36.5 Å². The van der Waals surface area contributed by atoms with E-state index >= 15 is 0 Å². The Kier molecular flexibility index (Phi) is 3.99. The first-order chi connectivity index (χ1) is 10.9. The predicted molar refractivity (Wildman–Crippen MR) is 86.4 cm³/mol. The van der Waals surface area contributed by atoms with Crippen molar-refractivity contribution in [3.63, 3.8) is 0 Å². The number of hydrogen-bond donors (Lipinski definition) is 2. The standard InChI is InChI=1S/C15H17N3O4S/c1-10(2)17-15-6-3-11(8-16-15)18-23(19,20)12-4-5-13-14(7-12)22-9-21-13/h3-8,10,18H,9H2,1-2H3,(H,16,17). The molecule has 0 atom stereocenters. The summed E-state index contributed by atoms with van der Waals surface area (Å²) in [5.41, 5.74) is 0.386. The van der Waals surface area contributed by atoms with Crippen molar-refractivity contribution in [2.24, 2.45) is 0 Å². The Hall–Kier alpha value is -2.48. The molecular formula is C15H17N3O4S. The molecule has 0 saturated carbocycles. The Morgan fingerprint density at radius 1 is 1.13 bits per heavy atom. The minimum atomic E-state index is -3.72. The van der Waals surface area contributed by atoms with E-state index in [1.165, 1.54) is 18.3 Å². The zero-order chi connectivity index (χ0) is 16.4. The summed E-state index contributed by atoms with van der Waals surface area (Å²) in [5, 5.41) is 3.14. The van der Waals surface area contributed by atoms with Gasteiger partial charge in [-0.05, 0) is 38.1 Å². The Labute approximate surface area is 134 Å². The highest BCUT2D eigenvalue weighted by Gasteiger charge is 2.20. The molecule has 1 aromatic carbocycles. The van der Waals surface area contributed by atoms with Gasteiger partial charge in [0.2, 0.25) is 6.79 Å². The van der Waals surface area contributed by atoms with Crippen LogP contribution in [0.1, 0.15) is 13.8 Å². The molecule has 1 aliphatic rings. The van der Waals surface area contributed by atoms with Gasteiger partial charge in [0, 0.05) is 12.1 Å². The molecule has 0 unspecified atom stereocenters. The van der Waals surface area contributed by atoms with Gasteiger partial charge < -0.3 is 14.8 Å². The molecule has 7 nitrogen and oxygen atoms in total. The Morgan fingerprint density at radius 2 is 1.91 bits per heavy atom. The molecule has 3 rings (SSSR count). The molecule has 1 aromatic heterocycles. The van der Waals surface area contributed by atoms with Gasteiger partial charge in [0.05, 0.1) is 16.8 Å². The summed E-state index contributed by atoms with van der Waals surface area (Å²) in [7, 11) is -3.72. The maximum atomic E-state index is 12.4. The van der Waals surface area contributed by atoms with Crippen LogP contribution in [0.15, 0.2) is 41.4 Å². The monoisotopic (exact) mass is 335 g/mol. The lowest BCUT2D eigenvalue weighted by molar-refractivity contribution is 0.174. The Balaban J connectivity index is 1.78. The van der Waals surface area contributed by atoms with Gasteiger partial charge in [0.15, 0.2) is 11.5 Å². The van der Waals surface area contributed by atoms with E-state index in [1.807, 2.05) is 13.8 Å². The summed E-state index contributed by atoms with van der Waals surface area (Å²) in [5.74, 6) is 1.64. The molecule has 2 heterocycles. The number of aromatic nitrogens is 1. The molecule has 0 bridgehead atoms. The van der Waals surface area contributed by atoms with Crippen LogP contribution < -0.4 is 19.5 Å². The SMILES string of the molecule is CC(C)Nc1ccc(NS(=O)(=O)c2ccc3c(c2)OCO3)cn1. The third-order valence-corrected chi connectivity index (χ3v) is 4.49. The molecule has 0 amide bonds. The molecule has 0 fully saturated rings. The van der Waals surface area contributed by atoms with E-state index in [1.54, 1.807) is 18.2 Å². The topological polar surface area (TPSA) is 89.5 Å². The van der Waals surface area contributed by atoms with E-state index in [0.29, 0.717) is 23.0 Å². The first kappa shape index (κ1) is 15.4. The van der Waals surface area contributed by atoms with Crippen molar-refractivity contribution in [3.8, 4) is 11.5 Å². The van der Waals surface area contributed by atoms with Gasteiger partial charge in [-0.1, -0.05) is 0 Å². The molecule has 122 valence electrons. The lowest BCUT2D eigenvalue weighted by atomic mass is 10.3. The summed E-state index contributed by atoms with van der Waals surface area (Å²) >= 11 is 0. The normalized spacial score (nSPS) is 13.2. The number of fused-ring (bicyclic) bond motifs is 1. The zero-order valence-electron chi connectivity index (χ0n) is 12.7. The van der Waals surface area contributed by atoms with Crippen molar-refractivity contribution in [1.29, 1.82) is 0 Å². The van der Waals surface area contributed by atoms with Crippen molar-refractivity contribution in [2.45, 2.75) is 24.8 Å². The number of sulfonamides is 1. The Bertz CT molecular complexity index is 804. The Morgan fingerprint density at radius 3 is 2.61 bits per heavy atom. The quantitative estimate of drug-likeness (QED) is 0.872. The molecule has 23 heavy (non-hydrogen) atoms. The molecule has 2 N–H and O–H groups in total. The molecule has 0 saturated heterocycles. The maximum Gasteiger partial charge on any atom is 0.262 e. The third-order valence-electron chi connectivity index (χ3n) is 3.11. The fourth-order valence-electron chi connectivity index (χ4n) is 2.09. The smallest absolute Gasteiger partial charge is 0.262 e. The van der Waals surface area contributed by atoms with Crippen molar-refractivity contribution in [1.82, 2.24) is 4.98 Å². The second-order valence-electron chi connectivity index (χ2n) is 5.35. The van der Waals surface area contributed by atoms with Crippen LogP contribution in [-0.2, 0) is 10.0 Å². The fraction of sp³-hybridized carbons (Fsp3) is 0.267. The number of nitrogens with one attached hydrogen (secondary N) is 2. The summed E-state index contributed by atoms with van der Waals surface area (Å²) in [6.45, 7) is 4.09. The van der Waals surface area contributed by atoms with Crippen molar-refractivity contribution >= 4 is 21.5 Å². The van der Waals surface area contributed by atoms with Crippen LogP contribution in [0.4, 0.5) is 11.5 Å². The number of pyridine rings is 1. The second-order valence-corrected chi connectivity index (χ2v) is 7.03. The summed E-state index contributed by atoms with van der Waals surface area (Å²) in [6, 6.07) is 8.11. The van der Waals surface area contributed by atoms with Gasteiger partial charge in [-0.15, -0.1) is 0 Å². The van der Waals surface area contributed by atoms with Crippen LogP contribution >= 0.6 is 0 Å². The minimum Gasteiger partial charge on any atom is -0.454 e. The van der Waals surface area contributed by atoms with Crippen molar-refractivity contribution < 1.29 is 17.9 Å². The number of benzene rings is 1. The molecule has 1 aliphatic heterocycles. The average Bonchev–Trinajstić information content (AvgIpc) is 2.96. The maximum absolute atomic E-state index is 12.4. The largest absolute Gasteiger partial charge is 0.454 e. The third kappa shape index (κ3) is 3.48. The van der Waals surface area contributed by atoms with E-state index in [4.69, 9.17) is 9.47 Å². The van der Waals surface area contributed by atoms with E-state index < -0.39 is 10.0 Å². The van der Waals surface area contributed by atoms with Crippen molar-refractivity contribution in [2.75, 3.05) is 16.8 Å². The van der Waals surface area contributed by atoms with Crippen LogP contribution in [0, 0.1) is 0 Å². The minimum absolute atomic E-state index is 0.0977. The lowest BCUT2D eigenvalue weighted by Gasteiger charge is -2.11. The lowest BCUT2D eigenvalue weighted by Crippen LogP contribution is -2.14. The summed E-state index contributed by atoms with van der Waals surface area (Å²) in [6.07, 6.45) is 1.47. The van der Waals surface area contributed by atoms with Gasteiger partial charge in [0.25, 0.3) is 10.0 Å². The number of ether oxygens (including phenoxy) is 2. The number of rotatable bonds is 5. The summed E-state index contributed by atoms with van der Waals surface area (Å²) in [4.78, 5) is 4.27.